The summed E-state index contributed by atoms with van der Waals surface area (Å²) in [5, 5.41) is 0. The fraction of sp³-hybridized carbons (Fsp3) is 0.938. The molecule has 2 aliphatic rings. The van der Waals surface area contributed by atoms with E-state index in [1.165, 1.54) is 19.3 Å². The van der Waals surface area contributed by atoms with Gasteiger partial charge in [0.15, 0.2) is 0 Å². The molecule has 20 heavy (non-hydrogen) atoms. The summed E-state index contributed by atoms with van der Waals surface area (Å²) in [7, 11) is 0. The Morgan fingerprint density at radius 3 is 2.45 bits per heavy atom. The van der Waals surface area contributed by atoms with Gasteiger partial charge in [-0.3, -0.25) is 14.6 Å². The Bertz CT molecular complexity index is 311. The molecule has 1 atom stereocenters. The van der Waals surface area contributed by atoms with Gasteiger partial charge in [-0.2, -0.15) is 0 Å². The summed E-state index contributed by atoms with van der Waals surface area (Å²) in [5.41, 5.74) is 0. The van der Waals surface area contributed by atoms with Crippen molar-refractivity contribution < 1.29 is 4.79 Å². The first-order chi connectivity index (χ1) is 9.60. The Morgan fingerprint density at radius 1 is 1.15 bits per heavy atom. The van der Waals surface area contributed by atoms with Crippen LogP contribution in [0.1, 0.15) is 40.0 Å². The molecule has 0 aromatic rings. The van der Waals surface area contributed by atoms with Crippen LogP contribution >= 0.6 is 0 Å². The van der Waals surface area contributed by atoms with E-state index < -0.39 is 0 Å². The topological polar surface area (TPSA) is 26.8 Å². The van der Waals surface area contributed by atoms with E-state index in [1.807, 2.05) is 0 Å². The zero-order valence-electron chi connectivity index (χ0n) is 13.5. The van der Waals surface area contributed by atoms with Crippen LogP contribution in [0.15, 0.2) is 0 Å². The molecule has 116 valence electrons. The highest BCUT2D eigenvalue weighted by atomic mass is 16.2. The first-order valence-electron chi connectivity index (χ1n) is 8.34. The third-order valence-corrected chi connectivity index (χ3v) is 4.82. The Balaban J connectivity index is 1.71. The number of carbonyl (C=O) groups is 1. The van der Waals surface area contributed by atoms with Gasteiger partial charge in [0.1, 0.15) is 0 Å². The molecular weight excluding hydrogens is 250 g/mol. The van der Waals surface area contributed by atoms with Crippen molar-refractivity contribution in [2.75, 3.05) is 45.8 Å². The quantitative estimate of drug-likeness (QED) is 0.767. The van der Waals surface area contributed by atoms with Gasteiger partial charge < -0.3 is 4.90 Å². The van der Waals surface area contributed by atoms with Gasteiger partial charge in [0.05, 0.1) is 6.54 Å². The van der Waals surface area contributed by atoms with Crippen molar-refractivity contribution in [3.05, 3.63) is 0 Å². The number of piperazine rings is 1. The monoisotopic (exact) mass is 281 g/mol. The standard InChI is InChI=1S/C16H31N3O/c1-4-5-15-6-7-17(12-15)13-16(20)19-10-8-18(9-11-19)14(2)3/h14-15H,4-13H2,1-3H3. The molecule has 0 aromatic carbocycles. The maximum Gasteiger partial charge on any atom is 0.236 e. The molecule has 2 fully saturated rings. The van der Waals surface area contributed by atoms with Crippen LogP contribution in [0, 0.1) is 5.92 Å². The summed E-state index contributed by atoms with van der Waals surface area (Å²) in [6.07, 6.45) is 3.86. The van der Waals surface area contributed by atoms with E-state index in [-0.39, 0.29) is 0 Å². The van der Waals surface area contributed by atoms with E-state index in [4.69, 9.17) is 0 Å². The van der Waals surface area contributed by atoms with Gasteiger partial charge in [0.25, 0.3) is 0 Å². The normalized spacial score (nSPS) is 25.6. The second kappa shape index (κ2) is 7.41. The fourth-order valence-electron chi connectivity index (χ4n) is 3.48. The molecular formula is C16H31N3O. The number of carbonyl (C=O) groups excluding carboxylic acids is 1. The molecule has 0 aliphatic carbocycles. The molecule has 0 bridgehead atoms. The Morgan fingerprint density at radius 2 is 1.85 bits per heavy atom. The van der Waals surface area contributed by atoms with Crippen LogP contribution in [-0.4, -0.2) is 72.5 Å². The third kappa shape index (κ3) is 4.19. The SMILES string of the molecule is CCCC1CCN(CC(=O)N2CCN(C(C)C)CC2)C1. The van der Waals surface area contributed by atoms with Crippen molar-refractivity contribution in [3.63, 3.8) is 0 Å². The molecule has 2 rings (SSSR count). The predicted molar refractivity (Wildman–Crippen MR) is 82.7 cm³/mol. The van der Waals surface area contributed by atoms with Gasteiger partial charge in [-0.1, -0.05) is 13.3 Å². The van der Waals surface area contributed by atoms with Crippen LogP contribution in [0.5, 0.6) is 0 Å². The van der Waals surface area contributed by atoms with Gasteiger partial charge in [-0.25, -0.2) is 0 Å². The van der Waals surface area contributed by atoms with Crippen molar-refractivity contribution in [1.82, 2.24) is 14.7 Å². The molecule has 1 amide bonds. The van der Waals surface area contributed by atoms with Crippen LogP contribution < -0.4 is 0 Å². The van der Waals surface area contributed by atoms with E-state index >= 15 is 0 Å². The molecule has 2 saturated heterocycles. The van der Waals surface area contributed by atoms with Crippen molar-refractivity contribution in [3.8, 4) is 0 Å². The smallest absolute Gasteiger partial charge is 0.236 e. The maximum atomic E-state index is 12.4. The van der Waals surface area contributed by atoms with Gasteiger partial charge in [-0.05, 0) is 39.2 Å². The molecule has 0 aromatic heterocycles. The number of rotatable bonds is 5. The zero-order chi connectivity index (χ0) is 14.5. The Hall–Kier alpha value is -0.610. The summed E-state index contributed by atoms with van der Waals surface area (Å²) < 4.78 is 0. The van der Waals surface area contributed by atoms with E-state index in [1.54, 1.807) is 0 Å². The van der Waals surface area contributed by atoms with Crippen molar-refractivity contribution >= 4 is 5.91 Å². The fourth-order valence-corrected chi connectivity index (χ4v) is 3.48. The molecule has 2 heterocycles. The van der Waals surface area contributed by atoms with E-state index in [0.29, 0.717) is 18.5 Å². The van der Waals surface area contributed by atoms with Crippen LogP contribution in [0.3, 0.4) is 0 Å². The van der Waals surface area contributed by atoms with Crippen molar-refractivity contribution in [2.45, 2.75) is 46.1 Å². The third-order valence-electron chi connectivity index (χ3n) is 4.82. The summed E-state index contributed by atoms with van der Waals surface area (Å²) in [6.45, 7) is 13.5. The Kier molecular flexibility index (Phi) is 5.85. The van der Waals surface area contributed by atoms with Crippen LogP contribution in [0.4, 0.5) is 0 Å². The molecule has 0 saturated carbocycles. The van der Waals surface area contributed by atoms with Crippen LogP contribution in [0.2, 0.25) is 0 Å². The molecule has 0 N–H and O–H groups in total. The number of hydrogen-bond acceptors (Lipinski definition) is 3. The first-order valence-corrected chi connectivity index (χ1v) is 8.34. The second-order valence-corrected chi connectivity index (χ2v) is 6.69. The molecule has 0 spiro atoms. The lowest BCUT2D eigenvalue weighted by atomic mass is 10.0. The lowest BCUT2D eigenvalue weighted by Gasteiger charge is -2.37. The van der Waals surface area contributed by atoms with E-state index in [2.05, 4.69) is 35.5 Å². The number of nitrogens with zero attached hydrogens (tertiary/aromatic N) is 3. The summed E-state index contributed by atoms with van der Waals surface area (Å²) >= 11 is 0. The highest BCUT2D eigenvalue weighted by Crippen LogP contribution is 2.20. The summed E-state index contributed by atoms with van der Waals surface area (Å²) in [5.74, 6) is 1.16. The van der Waals surface area contributed by atoms with Gasteiger partial charge >= 0.3 is 0 Å². The van der Waals surface area contributed by atoms with Gasteiger partial charge in [-0.15, -0.1) is 0 Å². The van der Waals surface area contributed by atoms with Crippen LogP contribution in [0.25, 0.3) is 0 Å². The predicted octanol–water partition coefficient (Wildman–Crippen LogP) is 1.66. The zero-order valence-corrected chi connectivity index (χ0v) is 13.5. The highest BCUT2D eigenvalue weighted by molar-refractivity contribution is 5.78. The van der Waals surface area contributed by atoms with Crippen molar-refractivity contribution in [2.24, 2.45) is 5.92 Å². The summed E-state index contributed by atoms with van der Waals surface area (Å²) in [4.78, 5) is 19.2. The number of amides is 1. The van der Waals surface area contributed by atoms with Gasteiger partial charge in [0, 0.05) is 38.8 Å². The summed E-state index contributed by atoms with van der Waals surface area (Å²) in [6, 6.07) is 0.598. The minimum Gasteiger partial charge on any atom is -0.339 e. The Labute approximate surface area is 124 Å². The van der Waals surface area contributed by atoms with E-state index in [0.717, 1.165) is 45.2 Å². The molecule has 2 aliphatic heterocycles. The van der Waals surface area contributed by atoms with E-state index in [9.17, 15) is 4.79 Å². The average Bonchev–Trinajstić information content (AvgIpc) is 2.86. The van der Waals surface area contributed by atoms with Gasteiger partial charge in [0.2, 0.25) is 5.91 Å². The second-order valence-electron chi connectivity index (χ2n) is 6.69. The molecule has 1 unspecified atom stereocenters. The lowest BCUT2D eigenvalue weighted by Crippen LogP contribution is -2.52. The molecule has 0 radical (unpaired) electrons. The van der Waals surface area contributed by atoms with Crippen molar-refractivity contribution in [1.29, 1.82) is 0 Å². The minimum atomic E-state index is 0.338. The number of likely N-dealkylation sites (tertiary alicyclic amines) is 1. The maximum absolute atomic E-state index is 12.4. The lowest BCUT2D eigenvalue weighted by molar-refractivity contribution is -0.134. The minimum absolute atomic E-state index is 0.338. The largest absolute Gasteiger partial charge is 0.339 e. The van der Waals surface area contributed by atoms with Crippen LogP contribution in [-0.2, 0) is 4.79 Å². The first kappa shape index (κ1) is 15.8. The molecule has 4 heteroatoms. The average molecular weight is 281 g/mol. The highest BCUT2D eigenvalue weighted by Gasteiger charge is 2.27. The molecule has 4 nitrogen and oxygen atoms in total. The number of hydrogen-bond donors (Lipinski definition) is 0.